The molecule has 0 aliphatic rings. The van der Waals surface area contributed by atoms with Crippen LogP contribution >= 0.6 is 0 Å². The van der Waals surface area contributed by atoms with Crippen LogP contribution in [0.4, 0.5) is 23.1 Å². The number of amides is 1. The Morgan fingerprint density at radius 2 is 1.69 bits per heavy atom. The number of anilines is 4. The zero-order valence-corrected chi connectivity index (χ0v) is 16.5. The topological polar surface area (TPSA) is 97.4 Å². The van der Waals surface area contributed by atoms with Crippen molar-refractivity contribution in [3.8, 4) is 11.5 Å². The molecule has 0 spiro atoms. The van der Waals surface area contributed by atoms with Crippen molar-refractivity contribution in [2.45, 2.75) is 13.5 Å². The largest absolute Gasteiger partial charge is 0.493 e. The number of aromatic nitrogens is 2. The van der Waals surface area contributed by atoms with E-state index in [1.807, 2.05) is 42.5 Å². The Morgan fingerprint density at radius 1 is 0.966 bits per heavy atom. The average Bonchev–Trinajstić information content (AvgIpc) is 2.73. The average molecular weight is 393 g/mol. The third-order valence-corrected chi connectivity index (χ3v) is 4.03. The minimum Gasteiger partial charge on any atom is -0.493 e. The van der Waals surface area contributed by atoms with E-state index in [4.69, 9.17) is 9.47 Å². The third-order valence-electron chi connectivity index (χ3n) is 4.03. The highest BCUT2D eigenvalue weighted by Crippen LogP contribution is 2.27. The summed E-state index contributed by atoms with van der Waals surface area (Å²) in [6.45, 7) is 2.01. The predicted octanol–water partition coefficient (Wildman–Crippen LogP) is 3.81. The summed E-state index contributed by atoms with van der Waals surface area (Å²) in [7, 11) is 3.21. The van der Waals surface area contributed by atoms with Gasteiger partial charge in [-0.05, 0) is 48.0 Å². The van der Waals surface area contributed by atoms with Crippen LogP contribution in [0.1, 0.15) is 12.5 Å². The quantitative estimate of drug-likeness (QED) is 0.535. The molecular formula is C21H23N5O3. The fourth-order valence-electron chi connectivity index (χ4n) is 2.67. The lowest BCUT2D eigenvalue weighted by Gasteiger charge is -2.11. The Balaban J connectivity index is 1.63. The van der Waals surface area contributed by atoms with Gasteiger partial charge in [-0.15, -0.1) is 0 Å². The number of methoxy groups -OCH3 is 2. The van der Waals surface area contributed by atoms with E-state index in [2.05, 4.69) is 25.9 Å². The first-order valence-corrected chi connectivity index (χ1v) is 9.00. The van der Waals surface area contributed by atoms with E-state index < -0.39 is 0 Å². The lowest BCUT2D eigenvalue weighted by Crippen LogP contribution is -2.06. The number of nitrogens with zero attached hydrogens (tertiary/aromatic N) is 2. The van der Waals surface area contributed by atoms with Crippen LogP contribution in [0.15, 0.2) is 54.7 Å². The molecule has 2 aromatic carbocycles. The van der Waals surface area contributed by atoms with Gasteiger partial charge in [-0.3, -0.25) is 4.79 Å². The van der Waals surface area contributed by atoms with Gasteiger partial charge in [-0.25, -0.2) is 4.98 Å². The molecule has 3 aromatic rings. The molecule has 29 heavy (non-hydrogen) atoms. The number of hydrogen-bond donors (Lipinski definition) is 3. The molecule has 1 heterocycles. The van der Waals surface area contributed by atoms with Crippen molar-refractivity contribution >= 4 is 29.0 Å². The second-order valence-electron chi connectivity index (χ2n) is 6.19. The highest BCUT2D eigenvalue weighted by atomic mass is 16.5. The summed E-state index contributed by atoms with van der Waals surface area (Å²) in [5.41, 5.74) is 2.60. The van der Waals surface area contributed by atoms with Gasteiger partial charge in [0.1, 0.15) is 5.82 Å². The van der Waals surface area contributed by atoms with Crippen LogP contribution in [0, 0.1) is 0 Å². The van der Waals surface area contributed by atoms with E-state index in [1.165, 1.54) is 6.92 Å². The summed E-state index contributed by atoms with van der Waals surface area (Å²) in [4.78, 5) is 19.8. The molecule has 1 amide bonds. The van der Waals surface area contributed by atoms with Crippen molar-refractivity contribution in [2.75, 3.05) is 30.2 Å². The van der Waals surface area contributed by atoms with Crippen molar-refractivity contribution in [1.29, 1.82) is 0 Å². The highest BCUT2D eigenvalue weighted by Gasteiger charge is 2.06. The van der Waals surface area contributed by atoms with Crippen LogP contribution in [0.2, 0.25) is 0 Å². The number of hydrogen-bond acceptors (Lipinski definition) is 7. The number of benzene rings is 2. The Hall–Kier alpha value is -3.81. The van der Waals surface area contributed by atoms with Gasteiger partial charge in [0.05, 0.1) is 14.2 Å². The summed E-state index contributed by atoms with van der Waals surface area (Å²) in [5, 5.41) is 9.15. The Kier molecular flexibility index (Phi) is 6.47. The summed E-state index contributed by atoms with van der Waals surface area (Å²) in [6.07, 6.45) is 1.68. The maximum Gasteiger partial charge on any atom is 0.224 e. The van der Waals surface area contributed by atoms with E-state index in [1.54, 1.807) is 26.5 Å². The van der Waals surface area contributed by atoms with Crippen molar-refractivity contribution in [3.63, 3.8) is 0 Å². The fourth-order valence-corrected chi connectivity index (χ4v) is 2.67. The zero-order chi connectivity index (χ0) is 20.6. The molecule has 8 heteroatoms. The van der Waals surface area contributed by atoms with E-state index in [0.29, 0.717) is 29.8 Å². The zero-order valence-electron chi connectivity index (χ0n) is 16.5. The van der Waals surface area contributed by atoms with E-state index >= 15 is 0 Å². The molecule has 3 N–H and O–H groups in total. The summed E-state index contributed by atoms with van der Waals surface area (Å²) >= 11 is 0. The molecule has 0 atom stereocenters. The molecule has 0 saturated heterocycles. The summed E-state index contributed by atoms with van der Waals surface area (Å²) < 4.78 is 10.6. The second-order valence-corrected chi connectivity index (χ2v) is 6.19. The van der Waals surface area contributed by atoms with Crippen LogP contribution in [-0.4, -0.2) is 30.1 Å². The predicted molar refractivity (Wildman–Crippen MR) is 113 cm³/mol. The number of ether oxygens (including phenoxy) is 2. The lowest BCUT2D eigenvalue weighted by molar-refractivity contribution is -0.114. The number of carbonyl (C=O) groups excluding carboxylic acids is 1. The second kappa shape index (κ2) is 9.41. The Morgan fingerprint density at radius 3 is 2.38 bits per heavy atom. The molecule has 0 unspecified atom stereocenters. The van der Waals surface area contributed by atoms with E-state index in [0.717, 1.165) is 16.9 Å². The van der Waals surface area contributed by atoms with Gasteiger partial charge in [-0.2, -0.15) is 4.98 Å². The van der Waals surface area contributed by atoms with Gasteiger partial charge in [0, 0.05) is 31.0 Å². The van der Waals surface area contributed by atoms with E-state index in [9.17, 15) is 4.79 Å². The van der Waals surface area contributed by atoms with Gasteiger partial charge < -0.3 is 25.4 Å². The standard InChI is InChI=1S/C21H23N5O3/c1-14(27)24-16-5-7-17(8-6-16)25-20-10-11-22-21(26-20)23-13-15-4-9-18(28-2)19(12-15)29-3/h4-12H,13H2,1-3H3,(H,24,27)(H2,22,23,25,26). The van der Waals surface area contributed by atoms with Crippen molar-refractivity contribution in [3.05, 3.63) is 60.3 Å². The van der Waals surface area contributed by atoms with Crippen LogP contribution in [-0.2, 0) is 11.3 Å². The first-order chi connectivity index (χ1) is 14.1. The molecule has 150 valence electrons. The molecular weight excluding hydrogens is 370 g/mol. The summed E-state index contributed by atoms with van der Waals surface area (Å²) in [6, 6.07) is 14.9. The fraction of sp³-hybridized carbons (Fsp3) is 0.190. The molecule has 0 aliphatic carbocycles. The minimum absolute atomic E-state index is 0.105. The Bertz CT molecular complexity index is 976. The molecule has 0 bridgehead atoms. The first-order valence-electron chi connectivity index (χ1n) is 9.00. The monoisotopic (exact) mass is 393 g/mol. The highest BCUT2D eigenvalue weighted by molar-refractivity contribution is 5.88. The Labute approximate surface area is 169 Å². The maximum absolute atomic E-state index is 11.1. The number of carbonyl (C=O) groups is 1. The first kappa shape index (κ1) is 19.9. The third kappa shape index (κ3) is 5.58. The molecule has 1 aromatic heterocycles. The van der Waals surface area contributed by atoms with Crippen LogP contribution < -0.4 is 25.4 Å². The molecule has 8 nitrogen and oxygen atoms in total. The van der Waals surface area contributed by atoms with Gasteiger partial charge in [0.25, 0.3) is 0 Å². The maximum atomic E-state index is 11.1. The van der Waals surface area contributed by atoms with Crippen LogP contribution in [0.3, 0.4) is 0 Å². The minimum atomic E-state index is -0.105. The normalized spacial score (nSPS) is 10.2. The molecule has 0 fully saturated rings. The summed E-state index contributed by atoms with van der Waals surface area (Å²) in [5.74, 6) is 2.41. The van der Waals surface area contributed by atoms with Crippen LogP contribution in [0.5, 0.6) is 11.5 Å². The van der Waals surface area contributed by atoms with Crippen molar-refractivity contribution in [2.24, 2.45) is 0 Å². The van der Waals surface area contributed by atoms with Gasteiger partial charge in [0.15, 0.2) is 11.5 Å². The van der Waals surface area contributed by atoms with Crippen LogP contribution in [0.25, 0.3) is 0 Å². The van der Waals surface area contributed by atoms with Gasteiger partial charge in [-0.1, -0.05) is 6.07 Å². The molecule has 0 saturated carbocycles. The van der Waals surface area contributed by atoms with Crippen molar-refractivity contribution in [1.82, 2.24) is 9.97 Å². The molecule has 0 aliphatic heterocycles. The number of nitrogens with one attached hydrogen (secondary N) is 3. The molecule has 0 radical (unpaired) electrons. The van der Waals surface area contributed by atoms with Gasteiger partial charge in [0.2, 0.25) is 11.9 Å². The van der Waals surface area contributed by atoms with E-state index in [-0.39, 0.29) is 5.91 Å². The SMILES string of the molecule is COc1ccc(CNc2nccc(Nc3ccc(NC(C)=O)cc3)n2)cc1OC. The van der Waals surface area contributed by atoms with Gasteiger partial charge >= 0.3 is 0 Å². The number of rotatable bonds is 8. The smallest absolute Gasteiger partial charge is 0.224 e. The van der Waals surface area contributed by atoms with Crippen molar-refractivity contribution < 1.29 is 14.3 Å². The lowest BCUT2D eigenvalue weighted by atomic mass is 10.2. The molecule has 3 rings (SSSR count).